The van der Waals surface area contributed by atoms with Gasteiger partial charge in [0, 0.05) is 24.1 Å². The van der Waals surface area contributed by atoms with Crippen LogP contribution in [-0.2, 0) is 21.4 Å². The fourth-order valence-corrected chi connectivity index (χ4v) is 7.28. The number of alkyl halides is 3. The number of halogens is 3. The van der Waals surface area contributed by atoms with Gasteiger partial charge in [0.05, 0.1) is 24.5 Å². The first-order chi connectivity index (χ1) is 20.8. The van der Waals surface area contributed by atoms with E-state index in [1.165, 1.54) is 0 Å². The van der Waals surface area contributed by atoms with E-state index in [1.54, 1.807) is 0 Å². The zero-order chi connectivity index (χ0) is 29.3. The molecule has 2 aromatic heterocycles. The summed E-state index contributed by atoms with van der Waals surface area (Å²) in [7, 11) is 0. The quantitative estimate of drug-likeness (QED) is 0.321. The number of aromatic nitrogens is 3. The molecule has 2 aliphatic carbocycles. The Morgan fingerprint density at radius 3 is 2.63 bits per heavy atom. The Balaban J connectivity index is 1.14. The first-order valence-corrected chi connectivity index (χ1v) is 14.9. The lowest BCUT2D eigenvalue weighted by Gasteiger charge is -2.27. The molecule has 4 aliphatic rings. The molecule has 13 heteroatoms. The Labute approximate surface area is 247 Å². The Morgan fingerprint density at radius 2 is 1.84 bits per heavy atom. The van der Waals surface area contributed by atoms with Gasteiger partial charge in [-0.15, -0.1) is 5.10 Å². The average molecular weight is 607 g/mol. The molecule has 1 saturated heterocycles. The van der Waals surface area contributed by atoms with E-state index in [0.717, 1.165) is 34.4 Å². The van der Waals surface area contributed by atoms with E-state index >= 15 is 0 Å². The molecule has 1 N–H and O–H groups in total. The molecule has 2 saturated carbocycles. The molecular weight excluding hydrogens is 581 g/mol. The van der Waals surface area contributed by atoms with Crippen molar-refractivity contribution >= 4 is 33.8 Å². The average Bonchev–Trinajstić information content (AvgIpc) is 3.90. The van der Waals surface area contributed by atoms with Gasteiger partial charge in [-0.25, -0.2) is 4.98 Å². The third-order valence-corrected chi connectivity index (χ3v) is 9.77. The monoisotopic (exact) mass is 606 g/mol. The Kier molecular flexibility index (Phi) is 5.99. The highest BCUT2D eigenvalue weighted by Crippen LogP contribution is 2.61. The summed E-state index contributed by atoms with van der Waals surface area (Å²) in [6, 6.07) is 17.2. The second-order valence-electron chi connectivity index (χ2n) is 11.3. The van der Waals surface area contributed by atoms with Gasteiger partial charge in [-0.05, 0) is 24.8 Å². The minimum absolute atomic E-state index is 0.00261. The number of thiazole rings is 1. The number of hydrogen-bond donors (Lipinski definition) is 1. The SMILES string of the molecule is O=C1Cc2ccccc2C(c2ccccc2)=N[C@@H]1Nc1nnc(-c2nc(C3(C(F)(F)F)CC3)sc2N2CCO[C@H]3C[C@H]32)o1. The maximum absolute atomic E-state index is 14.1. The van der Waals surface area contributed by atoms with Crippen molar-refractivity contribution in [3.8, 4) is 11.6 Å². The van der Waals surface area contributed by atoms with Gasteiger partial charge < -0.3 is 19.4 Å². The Hall–Kier alpha value is -4.10. The summed E-state index contributed by atoms with van der Waals surface area (Å²) in [6.07, 6.45) is -4.40. The third kappa shape index (κ3) is 4.52. The van der Waals surface area contributed by atoms with Crippen molar-refractivity contribution in [1.82, 2.24) is 15.2 Å². The molecule has 43 heavy (non-hydrogen) atoms. The number of carbonyl (C=O) groups is 1. The number of ether oxygens (including phenoxy) is 1. The number of aliphatic imine (C=N–C) groups is 1. The van der Waals surface area contributed by atoms with E-state index in [2.05, 4.69) is 25.4 Å². The molecule has 2 aliphatic heterocycles. The van der Waals surface area contributed by atoms with Gasteiger partial charge in [-0.1, -0.05) is 71.0 Å². The molecule has 3 atom stereocenters. The first kappa shape index (κ1) is 26.5. The zero-order valence-corrected chi connectivity index (χ0v) is 23.5. The van der Waals surface area contributed by atoms with Crippen LogP contribution in [0.25, 0.3) is 11.6 Å². The largest absolute Gasteiger partial charge is 0.402 e. The van der Waals surface area contributed by atoms with Crippen molar-refractivity contribution in [3.05, 3.63) is 76.3 Å². The lowest BCUT2D eigenvalue weighted by molar-refractivity contribution is -0.160. The number of ketones is 1. The van der Waals surface area contributed by atoms with E-state index < -0.39 is 17.8 Å². The van der Waals surface area contributed by atoms with Crippen LogP contribution in [0.4, 0.5) is 24.2 Å². The predicted molar refractivity (Wildman–Crippen MR) is 153 cm³/mol. The summed E-state index contributed by atoms with van der Waals surface area (Å²) in [4.78, 5) is 24.7. The van der Waals surface area contributed by atoms with Gasteiger partial charge >= 0.3 is 12.2 Å². The van der Waals surface area contributed by atoms with Crippen LogP contribution >= 0.6 is 11.3 Å². The number of hydrogen-bond acceptors (Lipinski definition) is 10. The summed E-state index contributed by atoms with van der Waals surface area (Å²) >= 11 is 1.04. The molecule has 0 radical (unpaired) electrons. The fourth-order valence-electron chi connectivity index (χ4n) is 5.87. The van der Waals surface area contributed by atoms with E-state index in [4.69, 9.17) is 14.1 Å². The molecule has 0 amide bonds. The van der Waals surface area contributed by atoms with Gasteiger partial charge in [0.1, 0.15) is 15.4 Å². The van der Waals surface area contributed by atoms with Crippen LogP contribution < -0.4 is 10.2 Å². The molecule has 0 bridgehead atoms. The minimum atomic E-state index is -4.40. The standard InChI is InChI=1S/C30H25F3N6O3S/c31-30(32,33)29(10-11-29)27-35-23(26(43-27)39-12-13-41-21-15-19(21)39)25-37-38-28(42-25)36-24-20(40)14-17-8-4-5-9-18(17)22(34-24)16-6-2-1-3-7-16/h1-9,19,21,24H,10-15H2,(H,36,38)/t19-,21+,24-/m1/s1. The molecule has 3 fully saturated rings. The summed E-state index contributed by atoms with van der Waals surface area (Å²) in [6.45, 7) is 1.00. The highest BCUT2D eigenvalue weighted by Gasteiger charge is 2.66. The van der Waals surface area contributed by atoms with Crippen molar-refractivity contribution < 1.29 is 27.1 Å². The number of rotatable bonds is 6. The summed E-state index contributed by atoms with van der Waals surface area (Å²) in [5.41, 5.74) is 1.50. The molecule has 2 aromatic carbocycles. The normalized spacial score (nSPS) is 24.1. The number of nitrogens with one attached hydrogen (secondary N) is 1. The number of nitrogens with zero attached hydrogens (tertiary/aromatic N) is 5. The molecule has 4 aromatic rings. The lowest BCUT2D eigenvalue weighted by Crippen LogP contribution is -2.36. The smallest absolute Gasteiger partial charge is 0.400 e. The van der Waals surface area contributed by atoms with Crippen molar-refractivity contribution in [2.45, 2.75) is 55.6 Å². The van der Waals surface area contributed by atoms with Crippen LogP contribution in [0.2, 0.25) is 0 Å². The van der Waals surface area contributed by atoms with Crippen LogP contribution in [0, 0.1) is 0 Å². The van der Waals surface area contributed by atoms with Crippen molar-refractivity contribution in [1.29, 1.82) is 0 Å². The molecule has 8 rings (SSSR count). The Morgan fingerprint density at radius 1 is 1.05 bits per heavy atom. The van der Waals surface area contributed by atoms with Crippen molar-refractivity contribution in [2.24, 2.45) is 4.99 Å². The fraction of sp³-hybridized carbons (Fsp3) is 0.367. The van der Waals surface area contributed by atoms with E-state index in [9.17, 15) is 18.0 Å². The van der Waals surface area contributed by atoms with Gasteiger partial charge in [0.25, 0.3) is 5.89 Å². The Bertz CT molecular complexity index is 1750. The van der Waals surface area contributed by atoms with Crippen molar-refractivity contribution in [2.75, 3.05) is 23.4 Å². The zero-order valence-electron chi connectivity index (χ0n) is 22.7. The predicted octanol–water partition coefficient (Wildman–Crippen LogP) is 5.17. The van der Waals surface area contributed by atoms with Crippen LogP contribution in [0.15, 0.2) is 64.0 Å². The van der Waals surface area contributed by atoms with E-state index in [-0.39, 0.29) is 59.8 Å². The van der Waals surface area contributed by atoms with Gasteiger partial charge in [0.15, 0.2) is 17.6 Å². The maximum Gasteiger partial charge on any atom is 0.400 e. The number of Topliss-reactive ketones (excluding diaryl/α,β-unsaturated/α-hetero) is 1. The van der Waals surface area contributed by atoms with E-state index in [1.807, 2.05) is 54.6 Å². The van der Waals surface area contributed by atoms with Crippen LogP contribution in [0.3, 0.4) is 0 Å². The molecular formula is C30H25F3N6O3S. The molecule has 0 spiro atoms. The van der Waals surface area contributed by atoms with Crippen molar-refractivity contribution in [3.63, 3.8) is 0 Å². The first-order valence-electron chi connectivity index (χ1n) is 14.1. The minimum Gasteiger partial charge on any atom is -0.402 e. The van der Waals surface area contributed by atoms with Gasteiger partial charge in [-0.2, -0.15) is 13.2 Å². The number of morpholine rings is 1. The number of fused-ring (bicyclic) bond motifs is 2. The maximum atomic E-state index is 14.1. The van der Waals surface area contributed by atoms with Crippen LogP contribution in [0.5, 0.6) is 0 Å². The summed E-state index contributed by atoms with van der Waals surface area (Å²) in [5, 5.41) is 11.8. The highest BCUT2D eigenvalue weighted by atomic mass is 32.1. The van der Waals surface area contributed by atoms with E-state index in [0.29, 0.717) is 23.9 Å². The molecule has 220 valence electrons. The number of anilines is 2. The second-order valence-corrected chi connectivity index (χ2v) is 12.2. The number of benzene rings is 2. The summed E-state index contributed by atoms with van der Waals surface area (Å²) in [5.74, 6) is -0.206. The van der Waals surface area contributed by atoms with Crippen LogP contribution in [-0.4, -0.2) is 64.3 Å². The third-order valence-electron chi connectivity index (χ3n) is 8.47. The topological polar surface area (TPSA) is 106 Å². The van der Waals surface area contributed by atoms with Gasteiger partial charge in [0.2, 0.25) is 0 Å². The highest BCUT2D eigenvalue weighted by molar-refractivity contribution is 7.16. The second kappa shape index (κ2) is 9.71. The number of carbonyl (C=O) groups excluding carboxylic acids is 1. The van der Waals surface area contributed by atoms with Crippen LogP contribution in [0.1, 0.15) is 41.0 Å². The molecule has 4 heterocycles. The lowest BCUT2D eigenvalue weighted by atomic mass is 9.96. The molecule has 0 unspecified atom stereocenters. The van der Waals surface area contributed by atoms with Gasteiger partial charge in [-0.3, -0.25) is 9.79 Å². The summed E-state index contributed by atoms with van der Waals surface area (Å²) < 4.78 is 53.9. The molecule has 9 nitrogen and oxygen atoms in total.